The summed E-state index contributed by atoms with van der Waals surface area (Å²) in [6, 6.07) is 0. The topological polar surface area (TPSA) is 119 Å². The summed E-state index contributed by atoms with van der Waals surface area (Å²) in [5.74, 6) is 1.67. The van der Waals surface area contributed by atoms with Gasteiger partial charge in [-0.15, -0.1) is 0 Å². The Labute approximate surface area is 157 Å². The second-order valence-electron chi connectivity index (χ2n) is 7.29. The fourth-order valence-electron chi connectivity index (χ4n) is 4.02. The predicted molar refractivity (Wildman–Crippen MR) is 99.8 cm³/mol. The lowest BCUT2D eigenvalue weighted by molar-refractivity contribution is -0.0430. The highest BCUT2D eigenvalue weighted by molar-refractivity contribution is 7.81. The van der Waals surface area contributed by atoms with Gasteiger partial charge in [0.25, 0.3) is 0 Å². The molecule has 1 aliphatic carbocycles. The highest BCUT2D eigenvalue weighted by atomic mass is 32.1. The van der Waals surface area contributed by atoms with Gasteiger partial charge in [0.2, 0.25) is 0 Å². The third kappa shape index (κ3) is 3.17. The van der Waals surface area contributed by atoms with Crippen LogP contribution in [-0.2, 0) is 11.2 Å². The number of aliphatic hydroxyl groups excluding tert-OH is 2. The molecule has 2 aromatic heterocycles. The normalized spacial score (nSPS) is 30.3. The zero-order valence-corrected chi connectivity index (χ0v) is 15.4. The van der Waals surface area contributed by atoms with E-state index < -0.39 is 23.7 Å². The predicted octanol–water partition coefficient (Wildman–Crippen LogP) is 1.08. The standard InChI is InChI=1S/C17H25N5O3S/c18-15-12-16(21-11(20-15)6-9-4-2-1-3-5-9)22(8-19-12)17-14(26)13(24)10(7-23)25-17/h8-10,13-14,17,23-24,26H,1-7H2,(H2,18,20,21)/t10-,13-,14-,17-/m1/s1. The van der Waals surface area contributed by atoms with Crippen LogP contribution < -0.4 is 5.73 Å². The summed E-state index contributed by atoms with van der Waals surface area (Å²) in [6.07, 6.45) is 6.51. The van der Waals surface area contributed by atoms with E-state index in [4.69, 9.17) is 15.5 Å². The molecule has 4 N–H and O–H groups in total. The van der Waals surface area contributed by atoms with Crippen LogP contribution in [0.3, 0.4) is 0 Å². The number of nitrogen functional groups attached to an aromatic ring is 1. The van der Waals surface area contributed by atoms with E-state index >= 15 is 0 Å². The van der Waals surface area contributed by atoms with Gasteiger partial charge in [0.05, 0.1) is 24.3 Å². The Balaban J connectivity index is 1.66. The quantitative estimate of drug-likeness (QED) is 0.587. The van der Waals surface area contributed by atoms with Crippen LogP contribution in [0.5, 0.6) is 0 Å². The van der Waals surface area contributed by atoms with E-state index in [0.717, 1.165) is 12.2 Å². The summed E-state index contributed by atoms with van der Waals surface area (Å²) in [4.78, 5) is 13.5. The molecule has 142 valence electrons. The molecule has 3 heterocycles. The molecule has 0 bridgehead atoms. The first-order valence-electron chi connectivity index (χ1n) is 9.20. The average molecular weight is 379 g/mol. The second-order valence-corrected chi connectivity index (χ2v) is 7.88. The number of aliphatic hydroxyl groups is 2. The maximum absolute atomic E-state index is 10.2. The van der Waals surface area contributed by atoms with E-state index in [-0.39, 0.29) is 6.61 Å². The van der Waals surface area contributed by atoms with Gasteiger partial charge < -0.3 is 20.7 Å². The number of thiol groups is 1. The van der Waals surface area contributed by atoms with Crippen molar-refractivity contribution in [2.45, 2.75) is 62.2 Å². The minimum Gasteiger partial charge on any atom is -0.394 e. The van der Waals surface area contributed by atoms with Crippen LogP contribution in [0.1, 0.15) is 44.2 Å². The molecule has 0 unspecified atom stereocenters. The van der Waals surface area contributed by atoms with E-state index in [1.807, 2.05) is 0 Å². The first-order valence-corrected chi connectivity index (χ1v) is 9.71. The van der Waals surface area contributed by atoms with Crippen molar-refractivity contribution in [3.63, 3.8) is 0 Å². The minimum absolute atomic E-state index is 0.272. The minimum atomic E-state index is -0.869. The number of fused-ring (bicyclic) bond motifs is 1. The van der Waals surface area contributed by atoms with Crippen molar-refractivity contribution in [3.8, 4) is 0 Å². The van der Waals surface area contributed by atoms with Crippen LogP contribution in [0, 0.1) is 5.92 Å². The Morgan fingerprint density at radius 3 is 2.73 bits per heavy atom. The molecule has 2 aliphatic rings. The smallest absolute Gasteiger partial charge is 0.167 e. The number of rotatable bonds is 4. The number of anilines is 1. The van der Waals surface area contributed by atoms with Crippen molar-refractivity contribution in [2.75, 3.05) is 12.3 Å². The first kappa shape index (κ1) is 18.0. The number of nitrogens with zero attached hydrogens (tertiary/aromatic N) is 4. The number of imidazole rings is 1. The monoisotopic (exact) mass is 379 g/mol. The molecule has 9 heteroatoms. The maximum atomic E-state index is 10.2. The van der Waals surface area contributed by atoms with Crippen LogP contribution in [0.4, 0.5) is 5.82 Å². The fraction of sp³-hybridized carbons (Fsp3) is 0.706. The fourth-order valence-corrected chi connectivity index (χ4v) is 4.43. The summed E-state index contributed by atoms with van der Waals surface area (Å²) in [5.41, 5.74) is 7.21. The molecule has 0 spiro atoms. The molecule has 4 atom stereocenters. The van der Waals surface area contributed by atoms with Gasteiger partial charge in [-0.25, -0.2) is 15.0 Å². The van der Waals surface area contributed by atoms with E-state index in [0.29, 0.717) is 22.9 Å². The lowest BCUT2D eigenvalue weighted by Gasteiger charge is -2.21. The second kappa shape index (κ2) is 7.30. The molecule has 0 radical (unpaired) electrons. The van der Waals surface area contributed by atoms with E-state index in [9.17, 15) is 10.2 Å². The summed E-state index contributed by atoms with van der Waals surface area (Å²) in [7, 11) is 0. The zero-order chi connectivity index (χ0) is 18.3. The van der Waals surface area contributed by atoms with Gasteiger partial charge in [0.1, 0.15) is 17.4 Å². The van der Waals surface area contributed by atoms with Crippen molar-refractivity contribution in [1.29, 1.82) is 0 Å². The Bertz CT molecular complexity index is 779. The van der Waals surface area contributed by atoms with Crippen LogP contribution in [0.25, 0.3) is 11.2 Å². The van der Waals surface area contributed by atoms with Gasteiger partial charge in [-0.05, 0) is 5.92 Å². The molecule has 1 aliphatic heterocycles. The molecule has 0 amide bonds. The van der Waals surface area contributed by atoms with E-state index in [2.05, 4.69) is 22.6 Å². The van der Waals surface area contributed by atoms with Crippen molar-refractivity contribution in [3.05, 3.63) is 12.2 Å². The van der Waals surface area contributed by atoms with Gasteiger partial charge in [-0.3, -0.25) is 4.57 Å². The zero-order valence-electron chi connectivity index (χ0n) is 14.5. The molecule has 4 rings (SSSR count). The van der Waals surface area contributed by atoms with Gasteiger partial charge in [-0.2, -0.15) is 12.6 Å². The first-order chi connectivity index (χ1) is 12.6. The SMILES string of the molecule is Nc1nc(CC2CCCCC2)nc2c1ncn2[C@@H]1O[C@H](CO)[C@@H](O)[C@H]1S. The van der Waals surface area contributed by atoms with E-state index in [1.165, 1.54) is 32.1 Å². The third-order valence-corrected chi connectivity index (χ3v) is 6.04. The number of aromatic nitrogens is 4. The maximum Gasteiger partial charge on any atom is 0.167 e. The molecule has 1 saturated carbocycles. The van der Waals surface area contributed by atoms with Gasteiger partial charge in [0, 0.05) is 6.42 Å². The van der Waals surface area contributed by atoms with E-state index in [1.54, 1.807) is 10.9 Å². The summed E-state index contributed by atoms with van der Waals surface area (Å²) in [5, 5.41) is 19.0. The van der Waals surface area contributed by atoms with Gasteiger partial charge in [0.15, 0.2) is 17.7 Å². The number of hydrogen-bond donors (Lipinski definition) is 4. The van der Waals surface area contributed by atoms with Crippen LogP contribution in [-0.4, -0.2) is 53.8 Å². The van der Waals surface area contributed by atoms with Crippen molar-refractivity contribution >= 4 is 29.6 Å². The highest BCUT2D eigenvalue weighted by Crippen LogP contribution is 2.35. The molecule has 0 aromatic carbocycles. The molecular formula is C17H25N5O3S. The summed E-state index contributed by atoms with van der Waals surface area (Å²) >= 11 is 4.46. The Hall–Kier alpha value is -1.42. The third-order valence-electron chi connectivity index (χ3n) is 5.48. The Morgan fingerprint density at radius 2 is 2.04 bits per heavy atom. The Morgan fingerprint density at radius 1 is 1.27 bits per heavy atom. The molecular weight excluding hydrogens is 354 g/mol. The largest absolute Gasteiger partial charge is 0.394 e. The van der Waals surface area contributed by atoms with Crippen molar-refractivity contribution in [2.24, 2.45) is 5.92 Å². The molecule has 2 fully saturated rings. The van der Waals surface area contributed by atoms with Gasteiger partial charge in [-0.1, -0.05) is 32.1 Å². The molecule has 2 aromatic rings. The number of ether oxygens (including phenoxy) is 1. The molecule has 8 nitrogen and oxygen atoms in total. The number of nitrogens with two attached hydrogens (primary N) is 1. The number of hydrogen-bond acceptors (Lipinski definition) is 8. The Kier molecular flexibility index (Phi) is 5.05. The highest BCUT2D eigenvalue weighted by Gasteiger charge is 2.43. The molecule has 26 heavy (non-hydrogen) atoms. The van der Waals surface area contributed by atoms with Crippen LogP contribution in [0.2, 0.25) is 0 Å². The lowest BCUT2D eigenvalue weighted by atomic mass is 9.87. The van der Waals surface area contributed by atoms with Crippen molar-refractivity contribution in [1.82, 2.24) is 19.5 Å². The van der Waals surface area contributed by atoms with Crippen molar-refractivity contribution < 1.29 is 14.9 Å². The molecule has 1 saturated heterocycles. The summed E-state index contributed by atoms with van der Waals surface area (Å²) in [6.45, 7) is -0.272. The van der Waals surface area contributed by atoms with Gasteiger partial charge >= 0.3 is 0 Å². The summed E-state index contributed by atoms with van der Waals surface area (Å²) < 4.78 is 7.49. The van der Waals surface area contributed by atoms with Crippen LogP contribution in [0.15, 0.2) is 6.33 Å². The average Bonchev–Trinajstić information content (AvgIpc) is 3.18. The lowest BCUT2D eigenvalue weighted by Crippen LogP contribution is -2.30. The van der Waals surface area contributed by atoms with Crippen LogP contribution >= 0.6 is 12.6 Å².